The lowest BCUT2D eigenvalue weighted by Gasteiger charge is -2.13. The molecule has 1 aliphatic heterocycles. The maximum absolute atomic E-state index is 11.6. The van der Waals surface area contributed by atoms with E-state index in [1.54, 1.807) is 0 Å². The van der Waals surface area contributed by atoms with Crippen molar-refractivity contribution >= 4 is 23.9 Å². The molecule has 5 heteroatoms. The number of carbonyl (C=O) groups is 1. The van der Waals surface area contributed by atoms with E-state index < -0.39 is 0 Å². The molecule has 0 spiro atoms. The van der Waals surface area contributed by atoms with Crippen LogP contribution >= 0.6 is 11.9 Å². The van der Waals surface area contributed by atoms with Gasteiger partial charge in [0.25, 0.3) is 0 Å². The van der Waals surface area contributed by atoms with Gasteiger partial charge in [-0.1, -0.05) is 18.5 Å². The second-order valence-electron chi connectivity index (χ2n) is 2.72. The molecule has 0 saturated heterocycles. The average molecular weight is 212 g/mol. The monoisotopic (exact) mass is 212 g/mol. The van der Waals surface area contributed by atoms with Gasteiger partial charge in [-0.3, -0.25) is 14.5 Å². The van der Waals surface area contributed by atoms with Crippen LogP contribution in [0.5, 0.6) is 0 Å². The highest BCUT2D eigenvalue weighted by Gasteiger charge is 2.19. The molecule has 76 valence electrons. The van der Waals surface area contributed by atoms with Gasteiger partial charge in [-0.15, -0.1) is 0 Å². The highest BCUT2D eigenvalue weighted by atomic mass is 32.2. The summed E-state index contributed by atoms with van der Waals surface area (Å²) in [7, 11) is 0. The van der Waals surface area contributed by atoms with Gasteiger partial charge in [0.05, 0.1) is 6.61 Å². The van der Waals surface area contributed by atoms with Gasteiger partial charge in [-0.2, -0.15) is 0 Å². The van der Waals surface area contributed by atoms with Crippen molar-refractivity contribution in [2.24, 2.45) is 4.99 Å². The third-order valence-corrected chi connectivity index (χ3v) is 2.30. The fraction of sp³-hybridized carbons (Fsp3) is 0.333. The molecule has 0 aromatic rings. The second kappa shape index (κ2) is 5.09. The number of allylic oxidation sites excluding steroid dienone is 1. The number of aliphatic hydroxyl groups excluding tert-OH is 1. The predicted octanol–water partition coefficient (Wildman–Crippen LogP) is 0.310. The number of rotatable bonds is 4. The van der Waals surface area contributed by atoms with Crippen LogP contribution in [-0.2, 0) is 4.79 Å². The highest BCUT2D eigenvalue weighted by Crippen LogP contribution is 2.15. The maximum Gasteiger partial charge on any atom is 0.208 e. The molecule has 0 aromatic carbocycles. The van der Waals surface area contributed by atoms with Gasteiger partial charge in [-0.05, 0) is 6.26 Å². The molecule has 0 aromatic heterocycles. The summed E-state index contributed by atoms with van der Waals surface area (Å²) in [6.07, 6.45) is 3.36. The minimum Gasteiger partial charge on any atom is -0.392 e. The van der Waals surface area contributed by atoms with Crippen molar-refractivity contribution in [2.75, 3.05) is 19.4 Å². The fourth-order valence-corrected chi connectivity index (χ4v) is 1.38. The average Bonchev–Trinajstić information content (AvgIpc) is 2.20. The van der Waals surface area contributed by atoms with Crippen LogP contribution in [0.1, 0.15) is 0 Å². The molecule has 0 radical (unpaired) electrons. The Morgan fingerprint density at radius 2 is 2.43 bits per heavy atom. The Kier molecular flexibility index (Phi) is 4.06. The van der Waals surface area contributed by atoms with E-state index in [1.807, 2.05) is 6.26 Å². The van der Waals surface area contributed by atoms with Gasteiger partial charge in [0.15, 0.2) is 0 Å². The van der Waals surface area contributed by atoms with E-state index in [4.69, 9.17) is 5.11 Å². The van der Waals surface area contributed by atoms with E-state index in [2.05, 4.69) is 16.3 Å². The number of aliphatic hydroxyl groups is 1. The number of nitrogens with one attached hydrogen (secondary N) is 1. The molecule has 0 unspecified atom stereocenters. The Hall–Kier alpha value is -0.910. The number of dihydropyridines is 1. The predicted molar refractivity (Wildman–Crippen MR) is 58.3 cm³/mol. The molecule has 0 bridgehead atoms. The van der Waals surface area contributed by atoms with Gasteiger partial charge in [0.2, 0.25) is 5.78 Å². The van der Waals surface area contributed by atoms with Crippen LogP contribution in [0.4, 0.5) is 0 Å². The van der Waals surface area contributed by atoms with Gasteiger partial charge >= 0.3 is 0 Å². The number of nitrogens with zero attached hydrogens (tertiary/aromatic N) is 1. The molecular formula is C9H12N2O2S. The lowest BCUT2D eigenvalue weighted by atomic mass is 10.0. The van der Waals surface area contributed by atoms with Crippen molar-refractivity contribution in [2.45, 2.75) is 0 Å². The lowest BCUT2D eigenvalue weighted by molar-refractivity contribution is -0.112. The standard InChI is InChI=1S/C9H12N2O2S/c1-6-9(13)8(4-11-14-2)7(5-12)3-10-6/h3,11-12H,1,4-5H2,2H3. The quantitative estimate of drug-likeness (QED) is 0.520. The van der Waals surface area contributed by atoms with Crippen molar-refractivity contribution in [3.8, 4) is 0 Å². The normalized spacial score (nSPS) is 16.7. The minimum atomic E-state index is -0.196. The molecule has 1 heterocycles. The summed E-state index contributed by atoms with van der Waals surface area (Å²) in [6, 6.07) is 0. The second-order valence-corrected chi connectivity index (χ2v) is 3.42. The van der Waals surface area contributed by atoms with E-state index in [0.29, 0.717) is 17.7 Å². The summed E-state index contributed by atoms with van der Waals surface area (Å²) in [4.78, 5) is 15.4. The van der Waals surface area contributed by atoms with Crippen LogP contribution in [0, 0.1) is 0 Å². The molecule has 4 nitrogen and oxygen atoms in total. The first-order valence-electron chi connectivity index (χ1n) is 4.07. The Morgan fingerprint density at radius 1 is 1.71 bits per heavy atom. The lowest BCUT2D eigenvalue weighted by Crippen LogP contribution is -2.22. The fourth-order valence-electron chi connectivity index (χ4n) is 1.09. The molecule has 0 saturated carbocycles. The number of hydrogen-bond acceptors (Lipinski definition) is 5. The van der Waals surface area contributed by atoms with Crippen molar-refractivity contribution in [3.63, 3.8) is 0 Å². The first kappa shape index (κ1) is 11.2. The van der Waals surface area contributed by atoms with Crippen molar-refractivity contribution in [1.29, 1.82) is 0 Å². The zero-order valence-corrected chi connectivity index (χ0v) is 8.73. The van der Waals surface area contributed by atoms with Gasteiger partial charge in [0, 0.05) is 23.9 Å². The van der Waals surface area contributed by atoms with Crippen LogP contribution in [0.25, 0.3) is 0 Å². The molecule has 1 aliphatic rings. The van der Waals surface area contributed by atoms with E-state index >= 15 is 0 Å². The Labute approximate surface area is 86.9 Å². The highest BCUT2D eigenvalue weighted by molar-refractivity contribution is 7.96. The maximum atomic E-state index is 11.6. The summed E-state index contributed by atoms with van der Waals surface area (Å²) in [5.74, 6) is -0.196. The molecule has 0 amide bonds. The SMILES string of the molecule is C=C1N=CC(CO)=C(CNSC)C1=O. The Balaban J connectivity index is 2.90. The zero-order chi connectivity index (χ0) is 10.6. The molecular weight excluding hydrogens is 200 g/mol. The van der Waals surface area contributed by atoms with Gasteiger partial charge in [-0.25, -0.2) is 0 Å². The molecule has 0 aliphatic carbocycles. The largest absolute Gasteiger partial charge is 0.392 e. The van der Waals surface area contributed by atoms with Crippen LogP contribution in [0.3, 0.4) is 0 Å². The van der Waals surface area contributed by atoms with Crippen molar-refractivity contribution in [1.82, 2.24) is 4.72 Å². The third kappa shape index (κ3) is 2.31. The third-order valence-electron chi connectivity index (χ3n) is 1.86. The molecule has 1 rings (SSSR count). The first-order chi connectivity index (χ1) is 6.70. The number of aliphatic imine (C=N–C) groups is 1. The minimum absolute atomic E-state index is 0.173. The van der Waals surface area contributed by atoms with E-state index in [0.717, 1.165) is 0 Å². The van der Waals surface area contributed by atoms with E-state index in [9.17, 15) is 4.79 Å². The zero-order valence-electron chi connectivity index (χ0n) is 7.91. The van der Waals surface area contributed by atoms with E-state index in [-0.39, 0.29) is 18.1 Å². The molecule has 0 atom stereocenters. The van der Waals surface area contributed by atoms with Crippen LogP contribution in [-0.4, -0.2) is 36.5 Å². The van der Waals surface area contributed by atoms with Crippen LogP contribution in [0.15, 0.2) is 28.4 Å². The summed E-state index contributed by atoms with van der Waals surface area (Å²) in [5.41, 5.74) is 1.32. The van der Waals surface area contributed by atoms with Gasteiger partial charge in [0.1, 0.15) is 5.70 Å². The number of hydrogen-bond donors (Lipinski definition) is 2. The van der Waals surface area contributed by atoms with Crippen molar-refractivity contribution in [3.05, 3.63) is 23.4 Å². The number of Topliss-reactive ketones (excluding diaryl/α,β-unsaturated/α-hetero) is 1. The summed E-state index contributed by atoms with van der Waals surface area (Å²) in [5, 5.41) is 9.00. The van der Waals surface area contributed by atoms with Crippen molar-refractivity contribution < 1.29 is 9.90 Å². The van der Waals surface area contributed by atoms with E-state index in [1.165, 1.54) is 18.2 Å². The van der Waals surface area contributed by atoms with Gasteiger partial charge < -0.3 is 5.11 Å². The Bertz CT molecular complexity index is 321. The topological polar surface area (TPSA) is 61.7 Å². The Morgan fingerprint density at radius 3 is 3.00 bits per heavy atom. The summed E-state index contributed by atoms with van der Waals surface area (Å²) >= 11 is 1.42. The van der Waals surface area contributed by atoms with Crippen LogP contribution < -0.4 is 4.72 Å². The number of ketones is 1. The summed E-state index contributed by atoms with van der Waals surface area (Å²) in [6.45, 7) is 3.77. The molecule has 0 fully saturated rings. The first-order valence-corrected chi connectivity index (χ1v) is 5.29. The summed E-state index contributed by atoms with van der Waals surface area (Å²) < 4.78 is 2.96. The van der Waals surface area contributed by atoms with Crippen LogP contribution in [0.2, 0.25) is 0 Å². The molecule has 14 heavy (non-hydrogen) atoms. The smallest absolute Gasteiger partial charge is 0.208 e. The number of carbonyl (C=O) groups excluding carboxylic acids is 1. The molecule has 2 N–H and O–H groups in total.